The molecule has 25 heavy (non-hydrogen) atoms. The van der Waals surface area contributed by atoms with Gasteiger partial charge in [-0.2, -0.15) is 5.10 Å². The van der Waals surface area contributed by atoms with Crippen molar-refractivity contribution in [2.24, 2.45) is 0 Å². The summed E-state index contributed by atoms with van der Waals surface area (Å²) < 4.78 is 12.8. The van der Waals surface area contributed by atoms with Crippen molar-refractivity contribution in [1.29, 1.82) is 0 Å². The van der Waals surface area contributed by atoms with Gasteiger partial charge in [-0.1, -0.05) is 18.2 Å². The molecule has 0 bridgehead atoms. The number of likely N-dealkylation sites (N-methyl/N-ethyl adjacent to an activating group) is 1. The lowest BCUT2D eigenvalue weighted by Gasteiger charge is -2.08. The Morgan fingerprint density at radius 1 is 1.24 bits per heavy atom. The molecule has 0 radical (unpaired) electrons. The number of furan rings is 1. The number of anilines is 1. The first-order valence-corrected chi connectivity index (χ1v) is 7.91. The predicted octanol–water partition coefficient (Wildman–Crippen LogP) is 3.08. The molecule has 0 fully saturated rings. The molecule has 7 nitrogen and oxygen atoms in total. The zero-order valence-electron chi connectivity index (χ0n) is 14.2. The Labute approximate surface area is 145 Å². The number of carbonyl (C=O) groups is 1. The minimum Gasteiger partial charge on any atom is -0.426 e. The first-order chi connectivity index (χ1) is 12.1. The highest BCUT2D eigenvalue weighted by Crippen LogP contribution is 2.23. The van der Waals surface area contributed by atoms with Crippen molar-refractivity contribution in [2.45, 2.75) is 6.54 Å². The standard InChI is InChI=1S/C18H20N4O3/c1-21(2)10-11-22-13-14(12-19-22)20-18(23)16-8-9-17(25-16)24-15-6-4-3-5-7-15/h3-9,12-13H,10-11H2,1-2H3,(H,20,23). The monoisotopic (exact) mass is 340 g/mol. The Hall–Kier alpha value is -3.06. The number of ether oxygens (including phenoxy) is 1. The van der Waals surface area contributed by atoms with Crippen molar-refractivity contribution >= 4 is 11.6 Å². The SMILES string of the molecule is CN(C)CCn1cc(NC(=O)c2ccc(Oc3ccccc3)o2)cn1. The molecule has 7 heteroatoms. The summed E-state index contributed by atoms with van der Waals surface area (Å²) in [4.78, 5) is 14.3. The van der Waals surface area contributed by atoms with Gasteiger partial charge in [0.25, 0.3) is 11.9 Å². The van der Waals surface area contributed by atoms with Crippen molar-refractivity contribution in [2.75, 3.05) is 26.0 Å². The maximum absolute atomic E-state index is 12.2. The van der Waals surface area contributed by atoms with Gasteiger partial charge in [0.05, 0.1) is 18.4 Å². The van der Waals surface area contributed by atoms with E-state index in [2.05, 4.69) is 15.3 Å². The number of para-hydroxylation sites is 1. The van der Waals surface area contributed by atoms with Crippen LogP contribution in [0.25, 0.3) is 0 Å². The highest BCUT2D eigenvalue weighted by molar-refractivity contribution is 6.02. The number of nitrogens with one attached hydrogen (secondary N) is 1. The Balaban J connectivity index is 1.58. The van der Waals surface area contributed by atoms with Crippen LogP contribution in [0.2, 0.25) is 0 Å². The van der Waals surface area contributed by atoms with Crippen LogP contribution < -0.4 is 10.1 Å². The Morgan fingerprint density at radius 2 is 2.04 bits per heavy atom. The number of rotatable bonds is 7. The minimum atomic E-state index is -0.352. The predicted molar refractivity (Wildman–Crippen MR) is 94.0 cm³/mol. The lowest BCUT2D eigenvalue weighted by Crippen LogP contribution is -2.18. The number of carbonyl (C=O) groups excluding carboxylic acids is 1. The molecule has 0 saturated carbocycles. The van der Waals surface area contributed by atoms with E-state index in [1.807, 2.05) is 44.4 Å². The van der Waals surface area contributed by atoms with E-state index in [9.17, 15) is 4.79 Å². The van der Waals surface area contributed by atoms with Crippen molar-refractivity contribution < 1.29 is 13.9 Å². The molecule has 0 atom stereocenters. The average Bonchev–Trinajstić information content (AvgIpc) is 3.23. The fraction of sp³-hybridized carbons (Fsp3) is 0.222. The topological polar surface area (TPSA) is 72.5 Å². The normalized spacial score (nSPS) is 10.8. The van der Waals surface area contributed by atoms with Gasteiger partial charge in [-0.15, -0.1) is 0 Å². The van der Waals surface area contributed by atoms with Gasteiger partial charge in [0.2, 0.25) is 0 Å². The van der Waals surface area contributed by atoms with E-state index < -0.39 is 0 Å². The summed E-state index contributed by atoms with van der Waals surface area (Å²) in [5.74, 6) is 0.728. The number of hydrogen-bond acceptors (Lipinski definition) is 5. The lowest BCUT2D eigenvalue weighted by atomic mass is 10.3. The quantitative estimate of drug-likeness (QED) is 0.715. The molecule has 1 amide bonds. The van der Waals surface area contributed by atoms with Crippen LogP contribution in [0.4, 0.5) is 5.69 Å². The molecule has 0 spiro atoms. The van der Waals surface area contributed by atoms with Gasteiger partial charge in [0.15, 0.2) is 5.76 Å². The van der Waals surface area contributed by atoms with Crippen LogP contribution >= 0.6 is 0 Å². The molecule has 130 valence electrons. The largest absolute Gasteiger partial charge is 0.426 e. The first kappa shape index (κ1) is 16.8. The summed E-state index contributed by atoms with van der Waals surface area (Å²) in [6.45, 7) is 1.62. The first-order valence-electron chi connectivity index (χ1n) is 7.91. The number of nitrogens with zero attached hydrogens (tertiary/aromatic N) is 3. The summed E-state index contributed by atoms with van der Waals surface area (Å²) in [5.41, 5.74) is 0.616. The second-order valence-corrected chi connectivity index (χ2v) is 5.78. The third kappa shape index (κ3) is 4.71. The Morgan fingerprint density at radius 3 is 2.80 bits per heavy atom. The molecule has 2 aromatic heterocycles. The van der Waals surface area contributed by atoms with Gasteiger partial charge < -0.3 is 19.4 Å². The molecule has 0 unspecified atom stereocenters. The average molecular weight is 340 g/mol. The molecule has 1 aromatic carbocycles. The van der Waals surface area contributed by atoms with E-state index in [0.29, 0.717) is 11.4 Å². The van der Waals surface area contributed by atoms with E-state index in [0.717, 1.165) is 13.1 Å². The van der Waals surface area contributed by atoms with Gasteiger partial charge in [0, 0.05) is 18.8 Å². The molecule has 0 aliphatic carbocycles. The Bertz CT molecular complexity index is 824. The minimum absolute atomic E-state index is 0.173. The molecular weight excluding hydrogens is 320 g/mol. The summed E-state index contributed by atoms with van der Waals surface area (Å²) >= 11 is 0. The van der Waals surface area contributed by atoms with Crippen LogP contribution in [0.1, 0.15) is 10.6 Å². The van der Waals surface area contributed by atoms with E-state index in [1.165, 1.54) is 0 Å². The van der Waals surface area contributed by atoms with Crippen LogP contribution in [0.15, 0.2) is 59.3 Å². The number of benzene rings is 1. The van der Waals surface area contributed by atoms with Crippen molar-refractivity contribution in [1.82, 2.24) is 14.7 Å². The number of amides is 1. The van der Waals surface area contributed by atoms with Crippen molar-refractivity contribution in [3.05, 3.63) is 60.6 Å². The summed E-state index contributed by atoms with van der Waals surface area (Å²) in [6.07, 6.45) is 3.39. The molecular formula is C18H20N4O3. The summed E-state index contributed by atoms with van der Waals surface area (Å²) in [5, 5.41) is 6.97. The maximum atomic E-state index is 12.2. The third-order valence-electron chi connectivity index (χ3n) is 3.43. The van der Waals surface area contributed by atoms with Gasteiger partial charge in [-0.05, 0) is 32.3 Å². The third-order valence-corrected chi connectivity index (χ3v) is 3.43. The molecule has 0 aliphatic rings. The molecule has 0 aliphatic heterocycles. The van der Waals surface area contributed by atoms with Crippen molar-refractivity contribution in [3.63, 3.8) is 0 Å². The molecule has 3 rings (SSSR count). The fourth-order valence-corrected chi connectivity index (χ4v) is 2.15. The molecule has 1 N–H and O–H groups in total. The zero-order chi connectivity index (χ0) is 17.6. The van der Waals surface area contributed by atoms with E-state index in [4.69, 9.17) is 9.15 Å². The number of aromatic nitrogens is 2. The van der Waals surface area contributed by atoms with Crippen LogP contribution in [-0.4, -0.2) is 41.2 Å². The summed E-state index contributed by atoms with van der Waals surface area (Å²) in [7, 11) is 4.00. The second kappa shape index (κ2) is 7.67. The maximum Gasteiger partial charge on any atom is 0.291 e. The van der Waals surface area contributed by atoms with Gasteiger partial charge in [-0.3, -0.25) is 9.48 Å². The molecule has 3 aromatic rings. The fourth-order valence-electron chi connectivity index (χ4n) is 2.15. The highest BCUT2D eigenvalue weighted by atomic mass is 16.6. The Kier molecular flexibility index (Phi) is 5.15. The van der Waals surface area contributed by atoms with Gasteiger partial charge >= 0.3 is 0 Å². The van der Waals surface area contributed by atoms with E-state index in [1.54, 1.807) is 29.2 Å². The van der Waals surface area contributed by atoms with Crippen LogP contribution in [0, 0.1) is 0 Å². The highest BCUT2D eigenvalue weighted by Gasteiger charge is 2.13. The smallest absolute Gasteiger partial charge is 0.291 e. The molecule has 0 saturated heterocycles. The number of hydrogen-bond donors (Lipinski definition) is 1. The second-order valence-electron chi connectivity index (χ2n) is 5.78. The molecule has 2 heterocycles. The van der Waals surface area contributed by atoms with Gasteiger partial charge in [-0.25, -0.2) is 0 Å². The van der Waals surface area contributed by atoms with Crippen LogP contribution in [-0.2, 0) is 6.54 Å². The van der Waals surface area contributed by atoms with Crippen molar-refractivity contribution in [3.8, 4) is 11.7 Å². The van der Waals surface area contributed by atoms with Gasteiger partial charge in [0.1, 0.15) is 5.75 Å². The van der Waals surface area contributed by atoms with Crippen LogP contribution in [0.3, 0.4) is 0 Å². The zero-order valence-corrected chi connectivity index (χ0v) is 14.2. The van der Waals surface area contributed by atoms with Crippen LogP contribution in [0.5, 0.6) is 11.7 Å². The lowest BCUT2D eigenvalue weighted by molar-refractivity contribution is 0.0992. The van der Waals surface area contributed by atoms with E-state index >= 15 is 0 Å². The summed E-state index contributed by atoms with van der Waals surface area (Å²) in [6, 6.07) is 12.4. The van der Waals surface area contributed by atoms with E-state index in [-0.39, 0.29) is 17.6 Å².